The number of rotatable bonds is 6. The normalized spacial score (nSPS) is 16.6. The van der Waals surface area contributed by atoms with E-state index in [4.69, 9.17) is 13.6 Å². The SMILES string of the molecule is COCc1ccc2oc(=O)cc(O)c2c1-c1ccc2oc(C3CCC(=O)N(CCO)C3)nc2n1. The fourth-order valence-electron chi connectivity index (χ4n) is 4.46. The van der Waals surface area contributed by atoms with Gasteiger partial charge in [-0.15, -0.1) is 0 Å². The standard InChI is InChI=1S/C24H23N3O7/c1-32-12-14-2-5-17-22(16(29)10-20(31)33-17)21(14)15-4-6-18-23(25-15)26-24(34-18)13-3-7-19(30)27(11-13)8-9-28/h2,4-6,10,13,28-29H,3,7-9,11-12H2,1H3. The molecule has 4 aromatic rings. The first-order valence-corrected chi connectivity index (χ1v) is 10.9. The molecule has 4 heterocycles. The lowest BCUT2D eigenvalue weighted by Crippen LogP contribution is -2.40. The van der Waals surface area contributed by atoms with E-state index in [9.17, 15) is 19.8 Å². The molecule has 34 heavy (non-hydrogen) atoms. The van der Waals surface area contributed by atoms with Crippen LogP contribution in [0.25, 0.3) is 33.5 Å². The van der Waals surface area contributed by atoms with E-state index < -0.39 is 5.63 Å². The Hall–Kier alpha value is -3.76. The molecule has 3 aromatic heterocycles. The summed E-state index contributed by atoms with van der Waals surface area (Å²) in [5.74, 6) is 0.188. The topological polar surface area (TPSA) is 139 Å². The largest absolute Gasteiger partial charge is 0.507 e. The summed E-state index contributed by atoms with van der Waals surface area (Å²) >= 11 is 0. The number of pyridine rings is 1. The monoisotopic (exact) mass is 465 g/mol. The van der Waals surface area contributed by atoms with E-state index in [2.05, 4.69) is 9.97 Å². The number of amides is 1. The number of aliphatic hydroxyl groups excluding tert-OH is 1. The van der Waals surface area contributed by atoms with Crippen LogP contribution in [-0.2, 0) is 16.1 Å². The zero-order chi connectivity index (χ0) is 23.8. The lowest BCUT2D eigenvalue weighted by atomic mass is 9.97. The molecule has 176 valence electrons. The molecule has 1 atom stereocenters. The average Bonchev–Trinajstić information content (AvgIpc) is 3.24. The molecule has 0 radical (unpaired) electrons. The van der Waals surface area contributed by atoms with E-state index in [0.29, 0.717) is 53.2 Å². The summed E-state index contributed by atoms with van der Waals surface area (Å²) in [5, 5.41) is 20.1. The third-order valence-corrected chi connectivity index (χ3v) is 6.02. The van der Waals surface area contributed by atoms with Gasteiger partial charge >= 0.3 is 5.63 Å². The summed E-state index contributed by atoms with van der Waals surface area (Å²) < 4.78 is 16.6. The Kier molecular flexibility index (Phi) is 5.76. The van der Waals surface area contributed by atoms with Gasteiger partial charge in [0.05, 0.1) is 36.3 Å². The predicted octanol–water partition coefficient (Wildman–Crippen LogP) is 2.55. The quantitative estimate of drug-likeness (QED) is 0.411. The number of piperidine rings is 1. The van der Waals surface area contributed by atoms with Gasteiger partial charge in [0.1, 0.15) is 11.3 Å². The summed E-state index contributed by atoms with van der Waals surface area (Å²) in [7, 11) is 1.56. The van der Waals surface area contributed by atoms with Crippen molar-refractivity contribution in [2.75, 3.05) is 26.8 Å². The highest BCUT2D eigenvalue weighted by atomic mass is 16.5. The molecular weight excluding hydrogens is 442 g/mol. The highest BCUT2D eigenvalue weighted by Gasteiger charge is 2.30. The number of likely N-dealkylation sites (tertiary alicyclic amines) is 1. The highest BCUT2D eigenvalue weighted by Crippen LogP contribution is 2.37. The zero-order valence-electron chi connectivity index (χ0n) is 18.5. The maximum absolute atomic E-state index is 12.1. The molecule has 0 bridgehead atoms. The number of aromatic nitrogens is 2. The first kappa shape index (κ1) is 22.1. The second-order valence-corrected chi connectivity index (χ2v) is 8.23. The van der Waals surface area contributed by atoms with E-state index in [-0.39, 0.29) is 42.9 Å². The summed E-state index contributed by atoms with van der Waals surface area (Å²) in [6, 6.07) is 7.90. The van der Waals surface area contributed by atoms with Gasteiger partial charge in [-0.05, 0) is 30.2 Å². The van der Waals surface area contributed by atoms with Gasteiger partial charge in [0.25, 0.3) is 0 Å². The summed E-state index contributed by atoms with van der Waals surface area (Å²) in [6.07, 6.45) is 0.970. The fourth-order valence-corrected chi connectivity index (χ4v) is 4.46. The third kappa shape index (κ3) is 3.91. The van der Waals surface area contributed by atoms with Crippen molar-refractivity contribution in [3.05, 3.63) is 52.2 Å². The molecule has 1 aliphatic heterocycles. The van der Waals surface area contributed by atoms with Crippen LogP contribution >= 0.6 is 0 Å². The lowest BCUT2D eigenvalue weighted by Gasteiger charge is -2.30. The number of benzene rings is 1. The number of nitrogens with zero attached hydrogens (tertiary/aromatic N) is 3. The van der Waals surface area contributed by atoms with Gasteiger partial charge in [-0.2, -0.15) is 4.98 Å². The second kappa shape index (κ2) is 8.88. The van der Waals surface area contributed by atoms with Crippen LogP contribution in [0.3, 0.4) is 0 Å². The van der Waals surface area contributed by atoms with Crippen LogP contribution in [0.2, 0.25) is 0 Å². The molecular formula is C24H23N3O7. The molecule has 1 aliphatic rings. The Balaban J connectivity index is 1.59. The molecule has 1 amide bonds. The van der Waals surface area contributed by atoms with Gasteiger partial charge < -0.3 is 28.7 Å². The first-order chi connectivity index (χ1) is 16.5. The van der Waals surface area contributed by atoms with E-state index >= 15 is 0 Å². The maximum atomic E-state index is 12.1. The van der Waals surface area contributed by atoms with Crippen LogP contribution in [0.4, 0.5) is 0 Å². The molecule has 2 N–H and O–H groups in total. The molecule has 0 spiro atoms. The minimum atomic E-state index is -0.652. The van der Waals surface area contributed by atoms with Crippen molar-refractivity contribution in [2.24, 2.45) is 0 Å². The van der Waals surface area contributed by atoms with Crippen molar-refractivity contribution >= 4 is 28.1 Å². The van der Waals surface area contributed by atoms with E-state index in [1.807, 2.05) is 0 Å². The number of ether oxygens (including phenoxy) is 1. The van der Waals surface area contributed by atoms with Gasteiger partial charge in [-0.3, -0.25) is 4.79 Å². The molecule has 10 heteroatoms. The van der Waals surface area contributed by atoms with Crippen LogP contribution in [0.15, 0.2) is 44.0 Å². The molecule has 1 fully saturated rings. The molecule has 0 aliphatic carbocycles. The van der Waals surface area contributed by atoms with Crippen LogP contribution in [-0.4, -0.2) is 57.8 Å². The van der Waals surface area contributed by atoms with Crippen LogP contribution in [0, 0.1) is 0 Å². The van der Waals surface area contributed by atoms with Crippen LogP contribution < -0.4 is 5.63 Å². The van der Waals surface area contributed by atoms with Crippen molar-refractivity contribution in [1.82, 2.24) is 14.9 Å². The maximum Gasteiger partial charge on any atom is 0.339 e. The van der Waals surface area contributed by atoms with E-state index in [0.717, 1.165) is 11.6 Å². The molecule has 1 saturated heterocycles. The number of hydrogen-bond donors (Lipinski definition) is 2. The minimum absolute atomic E-state index is 0.00918. The van der Waals surface area contributed by atoms with Crippen molar-refractivity contribution in [1.29, 1.82) is 0 Å². The number of hydrogen-bond acceptors (Lipinski definition) is 9. The zero-order valence-corrected chi connectivity index (χ0v) is 18.5. The Morgan fingerprint density at radius 2 is 1.97 bits per heavy atom. The number of aromatic hydroxyl groups is 1. The van der Waals surface area contributed by atoms with Crippen molar-refractivity contribution in [3.8, 4) is 17.0 Å². The van der Waals surface area contributed by atoms with Gasteiger partial charge in [0, 0.05) is 32.2 Å². The first-order valence-electron chi connectivity index (χ1n) is 10.9. The van der Waals surface area contributed by atoms with E-state index in [1.54, 1.807) is 36.3 Å². The molecule has 0 saturated carbocycles. The molecule has 5 rings (SSSR count). The number of carbonyl (C=O) groups is 1. The van der Waals surface area contributed by atoms with Gasteiger partial charge in [-0.25, -0.2) is 9.78 Å². The van der Waals surface area contributed by atoms with Crippen molar-refractivity contribution in [3.63, 3.8) is 0 Å². The Labute approximate surface area is 193 Å². The number of fused-ring (bicyclic) bond motifs is 2. The van der Waals surface area contributed by atoms with Crippen molar-refractivity contribution < 1.29 is 28.6 Å². The van der Waals surface area contributed by atoms with Crippen LogP contribution in [0.5, 0.6) is 5.75 Å². The summed E-state index contributed by atoms with van der Waals surface area (Å²) in [5.41, 5.74) is 2.29. The minimum Gasteiger partial charge on any atom is -0.507 e. The lowest BCUT2D eigenvalue weighted by molar-refractivity contribution is -0.134. The number of methoxy groups -OCH3 is 1. The molecule has 1 aromatic carbocycles. The van der Waals surface area contributed by atoms with Gasteiger partial charge in [-0.1, -0.05) is 6.07 Å². The third-order valence-electron chi connectivity index (χ3n) is 6.02. The molecule has 10 nitrogen and oxygen atoms in total. The van der Waals surface area contributed by atoms with Gasteiger partial charge in [0.2, 0.25) is 11.8 Å². The summed E-state index contributed by atoms with van der Waals surface area (Å²) in [6.45, 7) is 0.859. The number of carbonyl (C=O) groups excluding carboxylic acids is 1. The Bertz CT molecular complexity index is 1440. The average molecular weight is 465 g/mol. The Morgan fingerprint density at radius 1 is 1.15 bits per heavy atom. The fraction of sp³-hybridized carbons (Fsp3) is 0.333. The van der Waals surface area contributed by atoms with Gasteiger partial charge in [0.15, 0.2) is 11.2 Å². The number of oxazole rings is 1. The number of β-amino-alcohol motifs (C(OH)–C–C–N with tert-alkyl or cyclic N) is 1. The van der Waals surface area contributed by atoms with E-state index in [1.165, 1.54) is 0 Å². The smallest absolute Gasteiger partial charge is 0.339 e. The number of aliphatic hydroxyl groups is 1. The molecule has 1 unspecified atom stereocenters. The highest BCUT2D eigenvalue weighted by molar-refractivity contribution is 5.99. The predicted molar refractivity (Wildman–Crippen MR) is 121 cm³/mol. The Morgan fingerprint density at radius 3 is 2.76 bits per heavy atom. The van der Waals surface area contributed by atoms with Crippen LogP contribution in [0.1, 0.15) is 30.2 Å². The second-order valence-electron chi connectivity index (χ2n) is 8.23. The van der Waals surface area contributed by atoms with Crippen molar-refractivity contribution in [2.45, 2.75) is 25.4 Å². The summed E-state index contributed by atoms with van der Waals surface area (Å²) in [4.78, 5) is 34.7.